The van der Waals surface area contributed by atoms with Crippen molar-refractivity contribution < 1.29 is 29.4 Å². The largest absolute Gasteiger partial charge is 0.482 e. The van der Waals surface area contributed by atoms with Gasteiger partial charge in [0.15, 0.2) is 0 Å². The summed E-state index contributed by atoms with van der Waals surface area (Å²) in [5, 5.41) is 34.3. The molecule has 1 atom stereocenters. The number of ether oxygens (including phenoxy) is 1. The van der Waals surface area contributed by atoms with E-state index < -0.39 is 11.2 Å². The summed E-state index contributed by atoms with van der Waals surface area (Å²) in [4.78, 5) is 0. The van der Waals surface area contributed by atoms with E-state index in [4.69, 9.17) is 14.8 Å². The second kappa shape index (κ2) is 8.96. The Labute approximate surface area is 147 Å². The first-order valence-corrected chi connectivity index (χ1v) is 7.66. The van der Waals surface area contributed by atoms with Crippen LogP contribution in [0.3, 0.4) is 0 Å². The Kier molecular flexibility index (Phi) is 7.57. The van der Waals surface area contributed by atoms with Crippen molar-refractivity contribution in [2.75, 3.05) is 0 Å². The van der Waals surface area contributed by atoms with E-state index in [1.165, 1.54) is 12.1 Å². The van der Waals surface area contributed by atoms with Crippen molar-refractivity contribution in [3.63, 3.8) is 0 Å². The fourth-order valence-electron chi connectivity index (χ4n) is 1.93. The lowest BCUT2D eigenvalue weighted by Gasteiger charge is -2.35. The van der Waals surface area contributed by atoms with Crippen molar-refractivity contribution in [1.29, 1.82) is 0 Å². The summed E-state index contributed by atoms with van der Waals surface area (Å²) in [5.41, 5.74) is -1.54. The Morgan fingerprint density at radius 2 is 1.28 bits per heavy atom. The highest BCUT2D eigenvalue weighted by Gasteiger charge is 2.37. The topological polar surface area (TPSA) is 90.2 Å². The summed E-state index contributed by atoms with van der Waals surface area (Å²) in [6, 6.07) is 13.0. The van der Waals surface area contributed by atoms with E-state index in [9.17, 15) is 14.6 Å². The molecule has 0 aliphatic heterocycles. The van der Waals surface area contributed by atoms with Crippen LogP contribution in [0.25, 0.3) is 0 Å². The average molecular weight is 349 g/mol. The van der Waals surface area contributed by atoms with Crippen molar-refractivity contribution in [1.82, 2.24) is 0 Å². The predicted molar refractivity (Wildman–Crippen MR) is 93.7 cm³/mol. The van der Waals surface area contributed by atoms with Crippen LogP contribution >= 0.6 is 0 Å². The monoisotopic (exact) mass is 349 g/mol. The zero-order valence-electron chi connectivity index (χ0n) is 14.5. The van der Waals surface area contributed by atoms with Crippen molar-refractivity contribution in [3.05, 3.63) is 59.9 Å². The summed E-state index contributed by atoms with van der Waals surface area (Å²) in [7, 11) is 0. The lowest BCUT2D eigenvalue weighted by Crippen LogP contribution is -2.49. The maximum absolute atomic E-state index is 12.8. The fraction of sp³-hybridized carbons (Fsp3) is 0.333. The van der Waals surface area contributed by atoms with Crippen LogP contribution in [0.2, 0.25) is 0 Å². The molecule has 0 saturated heterocycles. The highest BCUT2D eigenvalue weighted by Crippen LogP contribution is 2.27. The van der Waals surface area contributed by atoms with Crippen molar-refractivity contribution >= 4 is 7.69 Å². The van der Waals surface area contributed by atoms with Gasteiger partial charge in [0, 0.05) is 6.42 Å². The molecule has 0 bridgehead atoms. The number of hydrogen-bond acceptors (Lipinski definition) is 5. The smallest absolute Gasteiger partial charge is 0.457 e. The van der Waals surface area contributed by atoms with Crippen LogP contribution < -0.4 is 4.74 Å². The van der Waals surface area contributed by atoms with Gasteiger partial charge in [-0.25, -0.2) is 4.39 Å². The van der Waals surface area contributed by atoms with Crippen molar-refractivity contribution in [2.24, 2.45) is 0 Å². The molecule has 0 amide bonds. The third-order valence-electron chi connectivity index (χ3n) is 3.84. The highest BCUT2D eigenvalue weighted by molar-refractivity contribution is 6.13. The van der Waals surface area contributed by atoms with E-state index in [0.29, 0.717) is 17.9 Å². The summed E-state index contributed by atoms with van der Waals surface area (Å²) < 4.78 is 18.4. The molecule has 0 saturated carbocycles. The molecule has 2 aromatic carbocycles. The highest BCUT2D eigenvalue weighted by atomic mass is 19.1. The van der Waals surface area contributed by atoms with E-state index in [1.807, 2.05) is 12.1 Å². The van der Waals surface area contributed by atoms with Gasteiger partial charge in [0.1, 0.15) is 17.3 Å². The number of benzene rings is 2. The Bertz CT molecular complexity index is 636. The maximum atomic E-state index is 12.8. The van der Waals surface area contributed by atoms with E-state index in [1.54, 1.807) is 45.0 Å². The van der Waals surface area contributed by atoms with Gasteiger partial charge in [-0.15, -0.1) is 0 Å². The zero-order valence-corrected chi connectivity index (χ0v) is 14.5. The standard InChI is InChI=1S/C18H21FO3.BH2O2/c1-17(2,20)18(3,21)12-13-4-8-15(9-5-13)22-16-10-6-14(19)7-11-16;2-1-3/h4-11,20-21H,12H2,1-3H3;2-3H. The summed E-state index contributed by atoms with van der Waals surface area (Å²) in [6.45, 7) is 4.77. The summed E-state index contributed by atoms with van der Waals surface area (Å²) >= 11 is 0. The molecular weight excluding hydrogens is 326 g/mol. The Hall–Kier alpha value is -1.93. The van der Waals surface area contributed by atoms with Crippen LogP contribution in [0.1, 0.15) is 26.3 Å². The van der Waals surface area contributed by atoms with E-state index in [-0.39, 0.29) is 13.5 Å². The third-order valence-corrected chi connectivity index (χ3v) is 3.84. The maximum Gasteiger partial charge on any atom is 0.482 e. The van der Waals surface area contributed by atoms with Gasteiger partial charge in [-0.3, -0.25) is 0 Å². The molecule has 0 fully saturated rings. The molecule has 0 aromatic heterocycles. The molecule has 2 rings (SSSR count). The van der Waals surface area contributed by atoms with Gasteiger partial charge in [-0.05, 0) is 62.7 Å². The minimum atomic E-state index is -1.23. The molecule has 135 valence electrons. The minimum Gasteiger partial charge on any atom is -0.457 e. The molecule has 7 heteroatoms. The van der Waals surface area contributed by atoms with Crippen LogP contribution in [-0.4, -0.2) is 39.1 Å². The van der Waals surface area contributed by atoms with Crippen LogP contribution in [0, 0.1) is 5.82 Å². The van der Waals surface area contributed by atoms with Gasteiger partial charge in [0.25, 0.3) is 0 Å². The Morgan fingerprint density at radius 3 is 1.68 bits per heavy atom. The second-order valence-electron chi connectivity index (χ2n) is 6.33. The third kappa shape index (κ3) is 6.84. The van der Waals surface area contributed by atoms with Crippen LogP contribution in [0.5, 0.6) is 11.5 Å². The van der Waals surface area contributed by atoms with Gasteiger partial charge in [0.2, 0.25) is 0 Å². The first-order chi connectivity index (χ1) is 11.6. The molecule has 25 heavy (non-hydrogen) atoms. The molecule has 1 radical (unpaired) electrons. The van der Waals surface area contributed by atoms with Crippen LogP contribution in [-0.2, 0) is 6.42 Å². The quantitative estimate of drug-likeness (QED) is 0.622. The molecule has 0 spiro atoms. The molecule has 4 N–H and O–H groups in total. The van der Waals surface area contributed by atoms with Crippen LogP contribution in [0.4, 0.5) is 4.39 Å². The van der Waals surface area contributed by atoms with Gasteiger partial charge in [-0.2, -0.15) is 0 Å². The van der Waals surface area contributed by atoms with E-state index >= 15 is 0 Å². The molecule has 0 aliphatic rings. The molecule has 1 unspecified atom stereocenters. The summed E-state index contributed by atoms with van der Waals surface area (Å²) in [5.74, 6) is 0.868. The zero-order chi connectivity index (χ0) is 19.1. The normalized spacial score (nSPS) is 13.3. The van der Waals surface area contributed by atoms with E-state index in [0.717, 1.165) is 5.56 Å². The molecule has 0 aliphatic carbocycles. The fourth-order valence-corrected chi connectivity index (χ4v) is 1.93. The van der Waals surface area contributed by atoms with E-state index in [2.05, 4.69) is 0 Å². The van der Waals surface area contributed by atoms with Gasteiger partial charge < -0.3 is 25.0 Å². The molecule has 2 aromatic rings. The van der Waals surface area contributed by atoms with Gasteiger partial charge in [0.05, 0.1) is 11.2 Å². The molecular formula is C18H23BFO5. The van der Waals surface area contributed by atoms with Gasteiger partial charge >= 0.3 is 7.69 Å². The van der Waals surface area contributed by atoms with Crippen molar-refractivity contribution in [3.8, 4) is 11.5 Å². The van der Waals surface area contributed by atoms with Crippen molar-refractivity contribution in [2.45, 2.75) is 38.4 Å². The predicted octanol–water partition coefficient (Wildman–Crippen LogP) is 2.19. The summed E-state index contributed by atoms with van der Waals surface area (Å²) in [6.07, 6.45) is 0.327. The molecule has 0 heterocycles. The number of halogens is 1. The van der Waals surface area contributed by atoms with Gasteiger partial charge in [-0.1, -0.05) is 12.1 Å². The second-order valence-corrected chi connectivity index (χ2v) is 6.33. The number of hydrogen-bond donors (Lipinski definition) is 4. The molecule has 5 nitrogen and oxygen atoms in total. The lowest BCUT2D eigenvalue weighted by atomic mass is 9.82. The van der Waals surface area contributed by atoms with Crippen LogP contribution in [0.15, 0.2) is 48.5 Å². The SMILES string of the molecule is CC(C)(O)C(C)(O)Cc1ccc(Oc2ccc(F)cc2)cc1.O[B]O. The number of aliphatic hydroxyl groups is 2. The minimum absolute atomic E-state index is 0. The Morgan fingerprint density at radius 1 is 0.880 bits per heavy atom. The first kappa shape index (κ1) is 21.1. The number of rotatable bonds is 5. The first-order valence-electron chi connectivity index (χ1n) is 7.66. The Balaban J connectivity index is 0.000000970. The average Bonchev–Trinajstić information content (AvgIpc) is 2.51. The lowest BCUT2D eigenvalue weighted by molar-refractivity contribution is -0.118.